The zero-order valence-electron chi connectivity index (χ0n) is 15.0. The van der Waals surface area contributed by atoms with Crippen LogP contribution in [-0.2, 0) is 17.3 Å². The Morgan fingerprint density at radius 2 is 1.42 bits per heavy atom. The van der Waals surface area contributed by atoms with E-state index in [1.54, 1.807) is 12.4 Å². The van der Waals surface area contributed by atoms with E-state index in [1.807, 2.05) is 0 Å². The van der Waals surface area contributed by atoms with Gasteiger partial charge in [-0.1, -0.05) is 74.1 Å². The van der Waals surface area contributed by atoms with Gasteiger partial charge in [0.05, 0.1) is 20.1 Å². The van der Waals surface area contributed by atoms with Gasteiger partial charge in [0, 0.05) is 53.1 Å². The van der Waals surface area contributed by atoms with Gasteiger partial charge in [-0.2, -0.15) is 13.2 Å². The minimum absolute atomic E-state index is 0.143. The van der Waals surface area contributed by atoms with Crippen LogP contribution >= 0.6 is 74.1 Å². The molecule has 3 heterocycles. The molecule has 0 unspecified atom stereocenters. The number of aromatic nitrogens is 4. The Morgan fingerprint density at radius 3 is 1.84 bits per heavy atom. The van der Waals surface area contributed by atoms with Crippen LogP contribution in [0.5, 0.6) is 0 Å². The molecule has 0 aliphatic rings. The summed E-state index contributed by atoms with van der Waals surface area (Å²) in [5.41, 5.74) is -0.746. The molecule has 3 aromatic rings. The Morgan fingerprint density at radius 1 is 0.935 bits per heavy atom. The van der Waals surface area contributed by atoms with Crippen LogP contribution in [0.4, 0.5) is 13.2 Å². The van der Waals surface area contributed by atoms with E-state index < -0.39 is 17.4 Å². The number of nitrogens with one attached hydrogen (secondary N) is 1. The summed E-state index contributed by atoms with van der Waals surface area (Å²) in [7, 11) is 0. The Hall–Kier alpha value is -1.04. The van der Waals surface area contributed by atoms with E-state index in [0.717, 1.165) is 17.3 Å². The molecule has 0 spiro atoms. The van der Waals surface area contributed by atoms with E-state index in [2.05, 4.69) is 35.9 Å². The van der Waals surface area contributed by atoms with Crippen LogP contribution < -0.4 is 5.56 Å². The Balaban J connectivity index is 0.000000285. The van der Waals surface area contributed by atoms with E-state index in [9.17, 15) is 18.0 Å². The maximum absolute atomic E-state index is 12.6. The van der Waals surface area contributed by atoms with Crippen LogP contribution in [0.25, 0.3) is 0 Å². The van der Waals surface area contributed by atoms with E-state index in [4.69, 9.17) is 46.4 Å². The second-order valence-corrected chi connectivity index (χ2v) is 8.67. The van der Waals surface area contributed by atoms with Crippen molar-refractivity contribution in [3.8, 4) is 0 Å². The SMILES string of the molecule is Clc1cncc(Cl)c1CBr.O=c1cc(C(F)(F)F)nc(SCc2c(Cl)cncc2Cl)[nH]1. The van der Waals surface area contributed by atoms with Crippen LogP contribution in [0.15, 0.2) is 40.8 Å². The lowest BCUT2D eigenvalue weighted by molar-refractivity contribution is -0.141. The summed E-state index contributed by atoms with van der Waals surface area (Å²) in [5.74, 6) is 0.143. The van der Waals surface area contributed by atoms with Crippen LogP contribution in [0, 0.1) is 0 Å². The van der Waals surface area contributed by atoms with Crippen LogP contribution in [0.3, 0.4) is 0 Å². The molecule has 0 saturated carbocycles. The quantitative estimate of drug-likeness (QED) is 0.198. The summed E-state index contributed by atoms with van der Waals surface area (Å²) in [4.78, 5) is 24.4. The van der Waals surface area contributed by atoms with Gasteiger partial charge in [-0.25, -0.2) is 4.98 Å². The predicted octanol–water partition coefficient (Wildman–Crippen LogP) is 7.07. The first kappa shape index (κ1) is 26.2. The van der Waals surface area contributed by atoms with Gasteiger partial charge in [0.2, 0.25) is 0 Å². The van der Waals surface area contributed by atoms with Gasteiger partial charge in [-0.15, -0.1) is 0 Å². The number of rotatable bonds is 4. The third kappa shape index (κ3) is 7.80. The Labute approximate surface area is 206 Å². The van der Waals surface area contributed by atoms with Crippen molar-refractivity contribution >= 4 is 74.1 Å². The van der Waals surface area contributed by atoms with E-state index in [-0.39, 0.29) is 21.0 Å². The second-order valence-electron chi connectivity index (χ2n) is 5.52. The molecule has 0 amide bonds. The lowest BCUT2D eigenvalue weighted by Crippen LogP contribution is -2.16. The number of alkyl halides is 4. The standard InChI is InChI=1S/C11H6Cl2F3N3OS.C6H4BrCl2N/c12-6-2-17-3-7(13)5(6)4-21-10-18-8(11(14,15)16)1-9(20)19-10;7-1-4-5(8)2-10-3-6(4)9/h1-3H,4H2,(H,18,19,20);2-3H,1H2. The molecule has 3 aromatic heterocycles. The molecule has 3 rings (SSSR count). The van der Waals surface area contributed by atoms with Crippen molar-refractivity contribution in [1.82, 2.24) is 19.9 Å². The third-order valence-corrected chi connectivity index (χ3v) is 6.17. The van der Waals surface area contributed by atoms with Gasteiger partial charge in [-0.05, 0) is 0 Å². The molecule has 5 nitrogen and oxygen atoms in total. The van der Waals surface area contributed by atoms with Gasteiger partial charge >= 0.3 is 6.18 Å². The molecule has 0 aliphatic carbocycles. The molecule has 0 fully saturated rings. The zero-order valence-corrected chi connectivity index (χ0v) is 20.4. The Bertz CT molecular complexity index is 1080. The fraction of sp³-hybridized carbons (Fsp3) is 0.176. The highest BCUT2D eigenvalue weighted by Crippen LogP contribution is 2.31. The number of aromatic amines is 1. The molecule has 1 N–H and O–H groups in total. The second kappa shape index (κ2) is 11.7. The maximum Gasteiger partial charge on any atom is 0.433 e. The summed E-state index contributed by atoms with van der Waals surface area (Å²) in [5, 5.41) is 2.26. The number of pyridine rings is 2. The summed E-state index contributed by atoms with van der Waals surface area (Å²) in [6.07, 6.45) is 1.20. The molecule has 31 heavy (non-hydrogen) atoms. The van der Waals surface area contributed by atoms with Gasteiger partial charge in [0.1, 0.15) is 0 Å². The van der Waals surface area contributed by atoms with Crippen molar-refractivity contribution in [3.05, 3.63) is 78.1 Å². The number of H-pyrrole nitrogens is 1. The smallest absolute Gasteiger partial charge is 0.301 e. The lowest BCUT2D eigenvalue weighted by atomic mass is 10.3. The number of nitrogens with zero attached hydrogens (tertiary/aromatic N) is 3. The monoisotopic (exact) mass is 594 g/mol. The van der Waals surface area contributed by atoms with Crippen molar-refractivity contribution in [2.45, 2.75) is 22.4 Å². The minimum Gasteiger partial charge on any atom is -0.301 e. The van der Waals surface area contributed by atoms with Crippen molar-refractivity contribution in [3.63, 3.8) is 0 Å². The molecule has 0 atom stereocenters. The van der Waals surface area contributed by atoms with Crippen molar-refractivity contribution in [2.75, 3.05) is 0 Å². The van der Waals surface area contributed by atoms with Gasteiger partial charge in [-0.3, -0.25) is 14.8 Å². The normalized spacial score (nSPS) is 11.1. The average Bonchev–Trinajstić information content (AvgIpc) is 2.67. The molecule has 0 aliphatic heterocycles. The number of hydrogen-bond donors (Lipinski definition) is 1. The minimum atomic E-state index is -4.68. The zero-order chi connectivity index (χ0) is 23.2. The molecule has 0 saturated heterocycles. The van der Waals surface area contributed by atoms with Gasteiger partial charge in [0.25, 0.3) is 5.56 Å². The summed E-state index contributed by atoms with van der Waals surface area (Å²) in [6, 6.07) is 0.399. The van der Waals surface area contributed by atoms with E-state index >= 15 is 0 Å². The lowest BCUT2D eigenvalue weighted by Gasteiger charge is -2.08. The highest BCUT2D eigenvalue weighted by Gasteiger charge is 2.33. The predicted molar refractivity (Wildman–Crippen MR) is 121 cm³/mol. The number of halogens is 8. The third-order valence-electron chi connectivity index (χ3n) is 3.40. The molecular weight excluding hydrogens is 587 g/mol. The molecule has 0 radical (unpaired) electrons. The fourth-order valence-corrected chi connectivity index (χ4v) is 4.94. The molecule has 0 bridgehead atoms. The van der Waals surface area contributed by atoms with Crippen molar-refractivity contribution < 1.29 is 13.2 Å². The average molecular weight is 597 g/mol. The first-order valence-electron chi connectivity index (χ1n) is 7.96. The topological polar surface area (TPSA) is 71.5 Å². The molecular formula is C17H10BrCl4F3N4OS. The Kier molecular flexibility index (Phi) is 9.91. The largest absolute Gasteiger partial charge is 0.433 e. The summed E-state index contributed by atoms with van der Waals surface area (Å²) >= 11 is 27.4. The summed E-state index contributed by atoms with van der Waals surface area (Å²) < 4.78 is 37.7. The van der Waals surface area contributed by atoms with E-state index in [1.165, 1.54) is 12.4 Å². The molecule has 14 heteroatoms. The van der Waals surface area contributed by atoms with Gasteiger partial charge < -0.3 is 4.98 Å². The van der Waals surface area contributed by atoms with Crippen LogP contribution in [0.1, 0.15) is 16.8 Å². The van der Waals surface area contributed by atoms with Crippen molar-refractivity contribution in [1.29, 1.82) is 0 Å². The van der Waals surface area contributed by atoms with Crippen molar-refractivity contribution in [2.24, 2.45) is 0 Å². The maximum atomic E-state index is 12.6. The first-order chi connectivity index (χ1) is 14.5. The summed E-state index contributed by atoms with van der Waals surface area (Å²) in [6.45, 7) is 0. The number of thioether (sulfide) groups is 1. The first-order valence-corrected chi connectivity index (χ1v) is 11.6. The number of hydrogen-bond acceptors (Lipinski definition) is 5. The molecule has 166 valence electrons. The highest BCUT2D eigenvalue weighted by atomic mass is 79.9. The highest BCUT2D eigenvalue weighted by molar-refractivity contribution is 9.08. The van der Waals surface area contributed by atoms with Crippen LogP contribution in [-0.4, -0.2) is 19.9 Å². The fourth-order valence-electron chi connectivity index (χ4n) is 1.93. The van der Waals surface area contributed by atoms with Gasteiger partial charge in [0.15, 0.2) is 10.9 Å². The van der Waals surface area contributed by atoms with Crippen LogP contribution in [0.2, 0.25) is 20.1 Å². The van der Waals surface area contributed by atoms with E-state index in [0.29, 0.717) is 27.0 Å². The molecule has 0 aromatic carbocycles.